The lowest BCUT2D eigenvalue weighted by molar-refractivity contribution is -0.143. The number of benzene rings is 2. The fraction of sp³-hybridized carbons (Fsp3) is 0.500. The minimum absolute atomic E-state index is 0.133. The second-order valence-corrected chi connectivity index (χ2v) is 8.80. The van der Waals surface area contributed by atoms with Crippen LogP contribution in [0.4, 0.5) is 26.3 Å². The first-order valence-corrected chi connectivity index (χ1v) is 10.7. The lowest BCUT2D eigenvalue weighted by Crippen LogP contribution is -2.54. The van der Waals surface area contributed by atoms with Gasteiger partial charge in [0.2, 0.25) is 0 Å². The van der Waals surface area contributed by atoms with Crippen LogP contribution in [0.1, 0.15) is 41.5 Å². The van der Waals surface area contributed by atoms with Gasteiger partial charge in [-0.15, -0.1) is 0 Å². The molecule has 0 saturated carbocycles. The molecule has 2 heterocycles. The Morgan fingerprint density at radius 1 is 0.939 bits per heavy atom. The standard InChI is InChI=1S/C24H25F6NO2/c1-32-14-16-12-22(17-5-3-2-4-6-17)21(8-7-20(16)31-22)33-13-15-9-18(23(25,26)27)11-19(10-15)24(28,29)30/h2-6,9-11,16,20-21,31H,7-8,12-14H2,1H3. The molecule has 33 heavy (non-hydrogen) atoms. The monoisotopic (exact) mass is 473 g/mol. The van der Waals surface area contributed by atoms with Crippen molar-refractivity contribution in [1.29, 1.82) is 0 Å². The van der Waals surface area contributed by atoms with Crippen molar-refractivity contribution in [3.8, 4) is 0 Å². The van der Waals surface area contributed by atoms with Gasteiger partial charge in [0.05, 0.1) is 36.0 Å². The Balaban J connectivity index is 1.62. The van der Waals surface area contributed by atoms with Crippen molar-refractivity contribution in [2.45, 2.75) is 55.9 Å². The Morgan fingerprint density at radius 3 is 2.15 bits per heavy atom. The number of ether oxygens (including phenoxy) is 2. The fourth-order valence-corrected chi connectivity index (χ4v) is 5.21. The maximum Gasteiger partial charge on any atom is 0.416 e. The van der Waals surface area contributed by atoms with Gasteiger partial charge in [0, 0.05) is 13.2 Å². The topological polar surface area (TPSA) is 30.5 Å². The molecule has 4 atom stereocenters. The Hall–Kier alpha value is -2.10. The van der Waals surface area contributed by atoms with Crippen molar-refractivity contribution >= 4 is 0 Å². The van der Waals surface area contributed by atoms with Gasteiger partial charge in [0.15, 0.2) is 0 Å². The molecule has 2 aromatic carbocycles. The molecular weight excluding hydrogens is 448 g/mol. The molecule has 1 N–H and O–H groups in total. The minimum atomic E-state index is -4.89. The van der Waals surface area contributed by atoms with E-state index in [1.807, 2.05) is 30.3 Å². The molecule has 0 aliphatic carbocycles. The van der Waals surface area contributed by atoms with Crippen molar-refractivity contribution in [1.82, 2.24) is 5.32 Å². The van der Waals surface area contributed by atoms with E-state index >= 15 is 0 Å². The highest BCUT2D eigenvalue weighted by Crippen LogP contribution is 2.47. The smallest absolute Gasteiger partial charge is 0.384 e. The van der Waals surface area contributed by atoms with Gasteiger partial charge >= 0.3 is 12.4 Å². The summed E-state index contributed by atoms with van der Waals surface area (Å²) in [5.74, 6) is 0.231. The zero-order chi connectivity index (χ0) is 23.9. The van der Waals surface area contributed by atoms with Gasteiger partial charge in [0.1, 0.15) is 0 Å². The summed E-state index contributed by atoms with van der Waals surface area (Å²) in [5, 5.41) is 3.65. The first-order valence-electron chi connectivity index (χ1n) is 10.7. The van der Waals surface area contributed by atoms with E-state index in [4.69, 9.17) is 9.47 Å². The SMILES string of the molecule is COCC1CC2(c3ccccc3)NC1CCC2OCc1cc(C(F)(F)F)cc(C(F)(F)F)c1. The third-order valence-electron chi connectivity index (χ3n) is 6.65. The third kappa shape index (κ3) is 4.90. The maximum atomic E-state index is 13.2. The molecule has 0 aromatic heterocycles. The molecule has 0 radical (unpaired) electrons. The average Bonchev–Trinajstić information content (AvgIpc) is 3.06. The van der Waals surface area contributed by atoms with Crippen LogP contribution in [-0.2, 0) is 34.0 Å². The Labute approximate surface area is 188 Å². The van der Waals surface area contributed by atoms with Crippen molar-refractivity contribution < 1.29 is 35.8 Å². The van der Waals surface area contributed by atoms with Gasteiger partial charge < -0.3 is 14.8 Å². The predicted octanol–water partition coefficient (Wildman–Crippen LogP) is 5.92. The summed E-state index contributed by atoms with van der Waals surface area (Å²) in [7, 11) is 1.64. The minimum Gasteiger partial charge on any atom is -0.384 e. The van der Waals surface area contributed by atoms with Crippen molar-refractivity contribution in [3.63, 3.8) is 0 Å². The molecule has 2 aromatic rings. The molecule has 4 rings (SSSR count). The highest BCUT2D eigenvalue weighted by atomic mass is 19.4. The molecule has 3 nitrogen and oxygen atoms in total. The van der Waals surface area contributed by atoms with Crippen LogP contribution in [0.3, 0.4) is 0 Å². The second kappa shape index (κ2) is 8.92. The Morgan fingerprint density at radius 2 is 1.58 bits per heavy atom. The molecule has 2 aliphatic rings. The van der Waals surface area contributed by atoms with Crippen LogP contribution in [0.15, 0.2) is 48.5 Å². The predicted molar refractivity (Wildman–Crippen MR) is 109 cm³/mol. The number of fused-ring (bicyclic) bond motifs is 2. The average molecular weight is 473 g/mol. The van der Waals surface area contributed by atoms with Gasteiger partial charge in [-0.25, -0.2) is 0 Å². The highest BCUT2D eigenvalue weighted by molar-refractivity contribution is 5.34. The molecule has 2 fully saturated rings. The Kier molecular flexibility index (Phi) is 6.50. The quantitative estimate of drug-likeness (QED) is 0.528. The van der Waals surface area contributed by atoms with Gasteiger partial charge in [-0.05, 0) is 54.5 Å². The van der Waals surface area contributed by atoms with E-state index in [2.05, 4.69) is 5.32 Å². The van der Waals surface area contributed by atoms with E-state index in [-0.39, 0.29) is 30.2 Å². The van der Waals surface area contributed by atoms with Crippen LogP contribution >= 0.6 is 0 Å². The zero-order valence-electron chi connectivity index (χ0n) is 18.0. The van der Waals surface area contributed by atoms with Crippen LogP contribution in [0.25, 0.3) is 0 Å². The highest BCUT2D eigenvalue weighted by Gasteiger charge is 2.54. The van der Waals surface area contributed by atoms with Crippen LogP contribution in [0.2, 0.25) is 0 Å². The summed E-state index contributed by atoms with van der Waals surface area (Å²) in [6.07, 6.45) is -8.07. The van der Waals surface area contributed by atoms with Crippen LogP contribution < -0.4 is 5.32 Å². The summed E-state index contributed by atoms with van der Waals surface area (Å²) in [5.41, 5.74) is -2.43. The normalized spacial score (nSPS) is 27.7. The zero-order valence-corrected chi connectivity index (χ0v) is 18.0. The molecule has 2 bridgehead atoms. The van der Waals surface area contributed by atoms with Crippen LogP contribution in [0, 0.1) is 5.92 Å². The maximum absolute atomic E-state index is 13.2. The molecule has 2 aliphatic heterocycles. The van der Waals surface area contributed by atoms with E-state index < -0.39 is 35.1 Å². The summed E-state index contributed by atoms with van der Waals surface area (Å²) >= 11 is 0. The number of methoxy groups -OCH3 is 1. The summed E-state index contributed by atoms with van der Waals surface area (Å²) in [4.78, 5) is 0. The molecule has 0 amide bonds. The number of nitrogens with one attached hydrogen (secondary N) is 1. The summed E-state index contributed by atoms with van der Waals surface area (Å²) in [6, 6.07) is 11.4. The molecule has 0 spiro atoms. The first-order chi connectivity index (χ1) is 15.5. The van der Waals surface area contributed by atoms with Crippen molar-refractivity contribution in [2.75, 3.05) is 13.7 Å². The first kappa shape index (κ1) is 24.0. The van der Waals surface area contributed by atoms with E-state index in [0.29, 0.717) is 19.4 Å². The molecular formula is C24H25F6NO2. The molecule has 9 heteroatoms. The van der Waals surface area contributed by atoms with Gasteiger partial charge in [-0.2, -0.15) is 26.3 Å². The number of piperidine rings is 1. The molecule has 4 unspecified atom stereocenters. The van der Waals surface area contributed by atoms with E-state index in [1.165, 1.54) is 0 Å². The third-order valence-corrected chi connectivity index (χ3v) is 6.65. The van der Waals surface area contributed by atoms with Gasteiger partial charge in [0.25, 0.3) is 0 Å². The number of halogens is 6. The van der Waals surface area contributed by atoms with Crippen LogP contribution in [-0.4, -0.2) is 25.9 Å². The number of hydrogen-bond donors (Lipinski definition) is 1. The van der Waals surface area contributed by atoms with Crippen molar-refractivity contribution in [3.05, 3.63) is 70.8 Å². The number of hydrogen-bond acceptors (Lipinski definition) is 3. The van der Waals surface area contributed by atoms with E-state index in [1.54, 1.807) is 7.11 Å². The lowest BCUT2D eigenvalue weighted by atomic mass is 9.80. The van der Waals surface area contributed by atoms with Gasteiger partial charge in [-0.1, -0.05) is 30.3 Å². The van der Waals surface area contributed by atoms with Gasteiger partial charge in [-0.3, -0.25) is 0 Å². The summed E-state index contributed by atoms with van der Waals surface area (Å²) in [6.45, 7) is 0.203. The number of alkyl halides is 6. The lowest BCUT2D eigenvalue weighted by Gasteiger charge is -2.42. The van der Waals surface area contributed by atoms with E-state index in [0.717, 1.165) is 24.1 Å². The van der Waals surface area contributed by atoms with E-state index in [9.17, 15) is 26.3 Å². The Bertz CT molecular complexity index is 929. The molecule has 180 valence electrons. The molecule has 2 saturated heterocycles. The summed E-state index contributed by atoms with van der Waals surface area (Å²) < 4.78 is 90.8. The largest absolute Gasteiger partial charge is 0.416 e. The van der Waals surface area contributed by atoms with Crippen molar-refractivity contribution in [2.24, 2.45) is 5.92 Å². The second-order valence-electron chi connectivity index (χ2n) is 8.80. The fourth-order valence-electron chi connectivity index (χ4n) is 5.21. The van der Waals surface area contributed by atoms with Crippen LogP contribution in [0.5, 0.6) is 0 Å². The number of rotatable bonds is 6.